The van der Waals surface area contributed by atoms with Crippen LogP contribution in [0.5, 0.6) is 0 Å². The largest absolute Gasteiger partial charge is 0.316 e. The third kappa shape index (κ3) is 5.32. The first-order valence-corrected chi connectivity index (χ1v) is 3.32. The second-order valence-corrected chi connectivity index (χ2v) is 2.71. The minimum Gasteiger partial charge on any atom is -0.316 e. The molecule has 0 heterocycles. The van der Waals surface area contributed by atoms with Gasteiger partial charge in [-0.1, -0.05) is 13.8 Å². The normalized spacial score (nSPS) is 13.2. The highest BCUT2D eigenvalue weighted by molar-refractivity contribution is 4.85. The molecule has 2 heteroatoms. The van der Waals surface area contributed by atoms with Crippen LogP contribution in [-0.4, -0.2) is 6.04 Å². The van der Waals surface area contributed by atoms with Crippen molar-refractivity contribution in [2.24, 2.45) is 11.7 Å². The minimum absolute atomic E-state index is 0.257. The molecule has 1 atom stereocenters. The van der Waals surface area contributed by atoms with E-state index < -0.39 is 0 Å². The molecule has 0 rings (SSSR count). The zero-order valence-electron chi connectivity index (χ0n) is 6.09. The van der Waals surface area contributed by atoms with E-state index in [1.54, 1.807) is 0 Å². The Morgan fingerprint density at radius 1 is 1.44 bits per heavy atom. The third-order valence-electron chi connectivity index (χ3n) is 1.22. The molecule has 0 saturated carbocycles. The summed E-state index contributed by atoms with van der Waals surface area (Å²) in [4.78, 5) is 0. The van der Waals surface area contributed by atoms with Crippen molar-refractivity contribution in [3.63, 3.8) is 0 Å². The molecule has 0 fully saturated rings. The fraction of sp³-hybridized carbons (Fsp3) is 0.857. The smallest absolute Gasteiger partial charge is 0.0928 e. The van der Waals surface area contributed by atoms with Crippen molar-refractivity contribution in [2.75, 3.05) is 0 Å². The van der Waals surface area contributed by atoms with Gasteiger partial charge in [-0.3, -0.25) is 0 Å². The minimum atomic E-state index is -0.257. The van der Waals surface area contributed by atoms with Crippen LogP contribution < -0.4 is 5.73 Å². The Balaban J connectivity index is 3.19. The lowest BCUT2D eigenvalue weighted by Gasteiger charge is -2.03. The van der Waals surface area contributed by atoms with E-state index in [2.05, 4.69) is 13.8 Å². The predicted molar refractivity (Wildman–Crippen MR) is 37.7 cm³/mol. The van der Waals surface area contributed by atoms with Crippen molar-refractivity contribution in [3.8, 4) is 6.07 Å². The molecule has 2 N–H and O–H groups in total. The zero-order valence-corrected chi connectivity index (χ0v) is 6.09. The lowest BCUT2D eigenvalue weighted by atomic mass is 10.1. The van der Waals surface area contributed by atoms with E-state index in [0.29, 0.717) is 5.92 Å². The van der Waals surface area contributed by atoms with Crippen LogP contribution in [0.3, 0.4) is 0 Å². The van der Waals surface area contributed by atoms with E-state index in [9.17, 15) is 0 Å². The maximum atomic E-state index is 8.27. The summed E-state index contributed by atoms with van der Waals surface area (Å²) < 4.78 is 0. The maximum absolute atomic E-state index is 8.27. The second-order valence-electron chi connectivity index (χ2n) is 2.71. The molecular formula is C7H14N2. The second kappa shape index (κ2) is 4.34. The molecule has 0 aromatic heterocycles. The lowest BCUT2D eigenvalue weighted by molar-refractivity contribution is 0.535. The molecular weight excluding hydrogens is 112 g/mol. The molecule has 0 radical (unpaired) electrons. The molecule has 0 aromatic carbocycles. The number of rotatable bonds is 3. The van der Waals surface area contributed by atoms with Gasteiger partial charge in [-0.15, -0.1) is 0 Å². The van der Waals surface area contributed by atoms with Gasteiger partial charge < -0.3 is 5.73 Å². The van der Waals surface area contributed by atoms with Crippen molar-refractivity contribution in [1.82, 2.24) is 0 Å². The summed E-state index contributed by atoms with van der Waals surface area (Å²) in [6.07, 6.45) is 1.88. The summed E-state index contributed by atoms with van der Waals surface area (Å²) in [5.41, 5.74) is 5.36. The number of hydrogen-bond donors (Lipinski definition) is 1. The fourth-order valence-electron chi connectivity index (χ4n) is 0.577. The van der Waals surface area contributed by atoms with Gasteiger partial charge in [0, 0.05) is 0 Å². The Labute approximate surface area is 56.7 Å². The molecule has 9 heavy (non-hydrogen) atoms. The van der Waals surface area contributed by atoms with Gasteiger partial charge in [0.1, 0.15) is 0 Å². The maximum Gasteiger partial charge on any atom is 0.0928 e. The molecule has 0 aromatic rings. The highest BCUT2D eigenvalue weighted by Crippen LogP contribution is 2.04. The average Bonchev–Trinajstić information content (AvgIpc) is 1.83. The highest BCUT2D eigenvalue weighted by atomic mass is 14.6. The van der Waals surface area contributed by atoms with Crippen LogP contribution in [-0.2, 0) is 0 Å². The van der Waals surface area contributed by atoms with Crippen LogP contribution in [0.25, 0.3) is 0 Å². The van der Waals surface area contributed by atoms with E-state index in [0.717, 1.165) is 12.8 Å². The molecule has 0 spiro atoms. The predicted octanol–water partition coefficient (Wildman–Crippen LogP) is 1.27. The van der Waals surface area contributed by atoms with Crippen molar-refractivity contribution >= 4 is 0 Å². The summed E-state index contributed by atoms with van der Waals surface area (Å²) in [5.74, 6) is 0.657. The van der Waals surface area contributed by atoms with E-state index in [1.165, 1.54) is 0 Å². The quantitative estimate of drug-likeness (QED) is 0.619. The third-order valence-corrected chi connectivity index (χ3v) is 1.22. The van der Waals surface area contributed by atoms with Gasteiger partial charge in [0.05, 0.1) is 12.1 Å². The summed E-state index contributed by atoms with van der Waals surface area (Å²) in [7, 11) is 0. The van der Waals surface area contributed by atoms with E-state index in [1.807, 2.05) is 6.07 Å². The molecule has 1 unspecified atom stereocenters. The first-order chi connectivity index (χ1) is 4.16. The number of nitrogens with two attached hydrogens (primary N) is 1. The lowest BCUT2D eigenvalue weighted by Crippen LogP contribution is -2.17. The molecule has 0 amide bonds. The Bertz CT molecular complexity index is 102. The van der Waals surface area contributed by atoms with Gasteiger partial charge in [0.25, 0.3) is 0 Å². The van der Waals surface area contributed by atoms with Crippen molar-refractivity contribution in [1.29, 1.82) is 5.26 Å². The molecule has 0 aliphatic carbocycles. The summed E-state index contributed by atoms with van der Waals surface area (Å²) in [6.45, 7) is 4.26. The summed E-state index contributed by atoms with van der Waals surface area (Å²) in [5, 5.41) is 8.27. The Morgan fingerprint density at radius 3 is 2.33 bits per heavy atom. The van der Waals surface area contributed by atoms with Crippen LogP contribution in [0.15, 0.2) is 0 Å². The zero-order chi connectivity index (χ0) is 7.28. The number of nitriles is 1. The fourth-order valence-corrected chi connectivity index (χ4v) is 0.577. The van der Waals surface area contributed by atoms with Crippen LogP contribution in [0.2, 0.25) is 0 Å². The van der Waals surface area contributed by atoms with Gasteiger partial charge in [-0.2, -0.15) is 5.26 Å². The van der Waals surface area contributed by atoms with E-state index in [-0.39, 0.29) is 6.04 Å². The van der Waals surface area contributed by atoms with Gasteiger partial charge in [0.15, 0.2) is 0 Å². The van der Waals surface area contributed by atoms with Crippen LogP contribution >= 0.6 is 0 Å². The van der Waals surface area contributed by atoms with Gasteiger partial charge in [0.2, 0.25) is 0 Å². The highest BCUT2D eigenvalue weighted by Gasteiger charge is 2.00. The first kappa shape index (κ1) is 8.45. The van der Waals surface area contributed by atoms with Crippen LogP contribution in [0, 0.1) is 17.2 Å². The van der Waals surface area contributed by atoms with Crippen LogP contribution in [0.1, 0.15) is 26.7 Å². The standard InChI is InChI=1S/C7H14N2/c1-6(2)3-4-7(9)5-8/h6-7H,3-4,9H2,1-2H3. The average molecular weight is 126 g/mol. The SMILES string of the molecule is CC(C)CCC(N)C#N. The monoisotopic (exact) mass is 126 g/mol. The molecule has 0 aliphatic heterocycles. The van der Waals surface area contributed by atoms with Gasteiger partial charge in [-0.05, 0) is 18.8 Å². The molecule has 0 bridgehead atoms. The number of nitrogens with zero attached hydrogens (tertiary/aromatic N) is 1. The van der Waals surface area contributed by atoms with Gasteiger partial charge in [-0.25, -0.2) is 0 Å². The molecule has 52 valence electrons. The first-order valence-electron chi connectivity index (χ1n) is 3.32. The van der Waals surface area contributed by atoms with Gasteiger partial charge >= 0.3 is 0 Å². The Hall–Kier alpha value is -0.550. The van der Waals surface area contributed by atoms with Crippen molar-refractivity contribution < 1.29 is 0 Å². The summed E-state index contributed by atoms with van der Waals surface area (Å²) >= 11 is 0. The van der Waals surface area contributed by atoms with E-state index >= 15 is 0 Å². The van der Waals surface area contributed by atoms with Crippen molar-refractivity contribution in [2.45, 2.75) is 32.7 Å². The Morgan fingerprint density at radius 2 is 2.00 bits per heavy atom. The number of hydrogen-bond acceptors (Lipinski definition) is 2. The molecule has 0 saturated heterocycles. The van der Waals surface area contributed by atoms with Crippen LogP contribution in [0.4, 0.5) is 0 Å². The Kier molecular flexibility index (Phi) is 4.08. The van der Waals surface area contributed by atoms with E-state index in [4.69, 9.17) is 11.0 Å². The molecule has 0 aliphatic rings. The topological polar surface area (TPSA) is 49.8 Å². The van der Waals surface area contributed by atoms with Crippen molar-refractivity contribution in [3.05, 3.63) is 0 Å². The molecule has 2 nitrogen and oxygen atoms in total. The summed E-state index contributed by atoms with van der Waals surface area (Å²) in [6, 6.07) is 1.74.